The van der Waals surface area contributed by atoms with E-state index in [-0.39, 0.29) is 43.2 Å². The van der Waals surface area contributed by atoms with E-state index in [1.165, 1.54) is 12.1 Å². The highest BCUT2D eigenvalue weighted by molar-refractivity contribution is 7.85. The molecule has 14 nitrogen and oxygen atoms in total. The van der Waals surface area contributed by atoms with Crippen molar-refractivity contribution < 1.29 is 42.0 Å². The van der Waals surface area contributed by atoms with Crippen LogP contribution in [0.15, 0.2) is 71.6 Å². The molecule has 0 heterocycles. The number of aliphatic hydroxyl groups is 1. The number of fused-ring (bicyclic) bond motifs is 3. The Balaban J connectivity index is 1.45. The summed E-state index contributed by atoms with van der Waals surface area (Å²) >= 11 is 0. The minimum atomic E-state index is -4.73. The standard InChI is InChI=1S/C33H39N5O9S/c1-19(2)29(38-33(43)47-18-26-24-10-5-3-8-22(24)23-9-4-6-11-25(23)26)31(41)37-27(12-7-15-35-32(34)42)30(40)36-21-14-13-20(17-39)28(16-21)48(44,45)46/h3-6,8-11,13-14,16,19,26-27,29,39H,7,12,15,17-18H2,1-2H3,(H,36,40)(H,37,41)(H,38,43)(H3,34,35,42)(H,44,45,46)/t27?,29-/m0/s1. The molecule has 1 aliphatic rings. The van der Waals surface area contributed by atoms with Gasteiger partial charge in [0.1, 0.15) is 23.6 Å². The SMILES string of the molecule is CC(C)[C@H](NC(=O)OCC1c2ccccc2-c2ccccc21)C(=O)NC(CCCNC(N)=O)C(=O)Nc1ccc(CO)c(S(=O)(=O)O)c1. The number of alkyl carbamates (subject to hydrolysis) is 1. The van der Waals surface area contributed by atoms with Crippen molar-refractivity contribution in [3.8, 4) is 11.1 Å². The molecule has 4 rings (SSSR count). The molecule has 15 heteroatoms. The van der Waals surface area contributed by atoms with Gasteiger partial charge in [0.15, 0.2) is 0 Å². The van der Waals surface area contributed by atoms with Crippen LogP contribution < -0.4 is 27.0 Å². The highest BCUT2D eigenvalue weighted by atomic mass is 32.2. The van der Waals surface area contributed by atoms with Crippen LogP contribution in [0.1, 0.15) is 49.3 Å². The summed E-state index contributed by atoms with van der Waals surface area (Å²) in [5.41, 5.74) is 9.18. The van der Waals surface area contributed by atoms with Gasteiger partial charge in [0, 0.05) is 18.2 Å². The third-order valence-corrected chi connectivity index (χ3v) is 8.89. The fourth-order valence-corrected chi connectivity index (χ4v) is 6.32. The average molecular weight is 682 g/mol. The summed E-state index contributed by atoms with van der Waals surface area (Å²) in [5.74, 6) is -2.04. The largest absolute Gasteiger partial charge is 0.449 e. The maximum Gasteiger partial charge on any atom is 0.407 e. The van der Waals surface area contributed by atoms with Gasteiger partial charge in [0.2, 0.25) is 11.8 Å². The lowest BCUT2D eigenvalue weighted by Gasteiger charge is -2.25. The Morgan fingerprint density at radius 2 is 1.54 bits per heavy atom. The monoisotopic (exact) mass is 681 g/mol. The van der Waals surface area contributed by atoms with Gasteiger partial charge < -0.3 is 36.8 Å². The van der Waals surface area contributed by atoms with Crippen LogP contribution in [0.3, 0.4) is 0 Å². The van der Waals surface area contributed by atoms with Gasteiger partial charge in [-0.15, -0.1) is 0 Å². The lowest BCUT2D eigenvalue weighted by atomic mass is 9.98. The third-order valence-electron chi connectivity index (χ3n) is 7.95. The Hall–Kier alpha value is -4.99. The van der Waals surface area contributed by atoms with Gasteiger partial charge in [0.05, 0.1) is 6.61 Å². The van der Waals surface area contributed by atoms with Crippen molar-refractivity contribution in [2.75, 3.05) is 18.5 Å². The van der Waals surface area contributed by atoms with Crippen LogP contribution in [0.2, 0.25) is 0 Å². The van der Waals surface area contributed by atoms with E-state index >= 15 is 0 Å². The van der Waals surface area contributed by atoms with Crippen molar-refractivity contribution in [3.05, 3.63) is 83.4 Å². The Kier molecular flexibility index (Phi) is 11.8. The topological polar surface area (TPSA) is 226 Å². The molecule has 0 spiro atoms. The minimum Gasteiger partial charge on any atom is -0.449 e. The van der Waals surface area contributed by atoms with E-state index in [1.54, 1.807) is 13.8 Å². The summed E-state index contributed by atoms with van der Waals surface area (Å²) < 4.78 is 38.8. The molecule has 3 aromatic carbocycles. The Bertz CT molecular complexity index is 1730. The average Bonchev–Trinajstić information content (AvgIpc) is 3.36. The molecular weight excluding hydrogens is 642 g/mol. The molecule has 0 aromatic heterocycles. The Morgan fingerprint density at radius 1 is 0.917 bits per heavy atom. The zero-order valence-electron chi connectivity index (χ0n) is 26.4. The minimum absolute atomic E-state index is 0.0213. The molecule has 3 aromatic rings. The van der Waals surface area contributed by atoms with E-state index < -0.39 is 63.6 Å². The van der Waals surface area contributed by atoms with Crippen LogP contribution in [0.5, 0.6) is 0 Å². The first-order valence-corrected chi connectivity index (χ1v) is 16.7. The van der Waals surface area contributed by atoms with E-state index in [0.717, 1.165) is 28.3 Å². The fourth-order valence-electron chi connectivity index (χ4n) is 5.58. The number of anilines is 1. The predicted molar refractivity (Wildman–Crippen MR) is 176 cm³/mol. The number of hydrogen-bond donors (Lipinski definition) is 7. The number of carbonyl (C=O) groups is 4. The molecule has 1 unspecified atom stereocenters. The lowest BCUT2D eigenvalue weighted by Crippen LogP contribution is -2.54. The summed E-state index contributed by atoms with van der Waals surface area (Å²) in [6.45, 7) is 2.87. The van der Waals surface area contributed by atoms with Crippen LogP contribution in [0, 0.1) is 5.92 Å². The number of hydrogen-bond acceptors (Lipinski definition) is 8. The van der Waals surface area contributed by atoms with Crippen molar-refractivity contribution >= 4 is 39.7 Å². The van der Waals surface area contributed by atoms with Crippen LogP contribution in [0.4, 0.5) is 15.3 Å². The van der Waals surface area contributed by atoms with Crippen molar-refractivity contribution in [1.82, 2.24) is 16.0 Å². The van der Waals surface area contributed by atoms with Gasteiger partial charge >= 0.3 is 12.1 Å². The molecule has 0 aliphatic heterocycles. The Morgan fingerprint density at radius 3 is 2.10 bits per heavy atom. The van der Waals surface area contributed by atoms with Crippen molar-refractivity contribution in [3.63, 3.8) is 0 Å². The zero-order valence-corrected chi connectivity index (χ0v) is 27.3. The predicted octanol–water partition coefficient (Wildman–Crippen LogP) is 2.86. The van der Waals surface area contributed by atoms with E-state index in [1.807, 2.05) is 48.5 Å². The zero-order chi connectivity index (χ0) is 35.0. The summed E-state index contributed by atoms with van der Waals surface area (Å²) in [6.07, 6.45) is -0.584. The number of aliphatic hydroxyl groups excluding tert-OH is 1. The van der Waals surface area contributed by atoms with Crippen LogP contribution >= 0.6 is 0 Å². The number of nitrogens with one attached hydrogen (secondary N) is 4. The van der Waals surface area contributed by atoms with Crippen LogP contribution in [0.25, 0.3) is 11.1 Å². The summed E-state index contributed by atoms with van der Waals surface area (Å²) in [7, 11) is -4.73. The highest BCUT2D eigenvalue weighted by Gasteiger charge is 2.32. The first kappa shape index (κ1) is 35.9. The molecule has 0 fully saturated rings. The molecule has 0 radical (unpaired) electrons. The molecule has 1 aliphatic carbocycles. The van der Waals surface area contributed by atoms with E-state index in [4.69, 9.17) is 10.5 Å². The number of nitrogens with two attached hydrogens (primary N) is 1. The number of urea groups is 1. The number of ether oxygens (including phenoxy) is 1. The van der Waals surface area contributed by atoms with Gasteiger partial charge in [-0.3, -0.25) is 14.1 Å². The molecule has 8 N–H and O–H groups in total. The second-order valence-electron chi connectivity index (χ2n) is 11.6. The third kappa shape index (κ3) is 8.87. The van der Waals surface area contributed by atoms with Gasteiger partial charge in [-0.05, 0) is 58.7 Å². The highest BCUT2D eigenvalue weighted by Crippen LogP contribution is 2.44. The molecule has 5 amide bonds. The molecule has 2 atom stereocenters. The number of rotatable bonds is 14. The molecular formula is C33H39N5O9S. The second-order valence-corrected chi connectivity index (χ2v) is 13.0. The normalized spacial score (nSPS) is 13.5. The number of benzene rings is 3. The van der Waals surface area contributed by atoms with Gasteiger partial charge in [-0.25, -0.2) is 9.59 Å². The maximum atomic E-state index is 13.5. The molecule has 0 saturated heterocycles. The quantitative estimate of drug-likeness (QED) is 0.0979. The van der Waals surface area contributed by atoms with E-state index in [0.29, 0.717) is 0 Å². The molecule has 48 heavy (non-hydrogen) atoms. The summed E-state index contributed by atoms with van der Waals surface area (Å²) in [6, 6.07) is 16.2. The van der Waals surface area contributed by atoms with Crippen LogP contribution in [-0.4, -0.2) is 67.3 Å². The summed E-state index contributed by atoms with van der Waals surface area (Å²) in [4.78, 5) is 50.4. The molecule has 0 saturated carbocycles. The van der Waals surface area contributed by atoms with Crippen molar-refractivity contribution in [2.45, 2.75) is 56.2 Å². The molecule has 0 bridgehead atoms. The summed E-state index contributed by atoms with van der Waals surface area (Å²) in [5, 5.41) is 19.6. The maximum absolute atomic E-state index is 13.5. The number of primary amides is 1. The van der Waals surface area contributed by atoms with E-state index in [9.17, 15) is 37.3 Å². The van der Waals surface area contributed by atoms with Crippen LogP contribution in [-0.2, 0) is 31.1 Å². The number of carbonyl (C=O) groups excluding carboxylic acids is 4. The van der Waals surface area contributed by atoms with Gasteiger partial charge in [-0.2, -0.15) is 8.42 Å². The van der Waals surface area contributed by atoms with Crippen molar-refractivity contribution in [2.24, 2.45) is 11.7 Å². The smallest absolute Gasteiger partial charge is 0.407 e. The van der Waals surface area contributed by atoms with Gasteiger partial charge in [0.25, 0.3) is 10.1 Å². The first-order valence-electron chi connectivity index (χ1n) is 15.3. The number of amides is 5. The van der Waals surface area contributed by atoms with E-state index in [2.05, 4.69) is 21.3 Å². The fraction of sp³-hybridized carbons (Fsp3) is 0.333. The van der Waals surface area contributed by atoms with Crippen molar-refractivity contribution in [1.29, 1.82) is 0 Å². The van der Waals surface area contributed by atoms with Gasteiger partial charge in [-0.1, -0.05) is 68.4 Å². The first-order chi connectivity index (χ1) is 22.8. The lowest BCUT2D eigenvalue weighted by molar-refractivity contribution is -0.128. The Labute approximate surface area is 278 Å². The molecule has 256 valence electrons. The second kappa shape index (κ2) is 15.7.